The third-order valence-electron chi connectivity index (χ3n) is 5.63. The van der Waals surface area contributed by atoms with Gasteiger partial charge in [-0.3, -0.25) is 9.59 Å². The molecule has 192 valence electrons. The second-order valence-corrected chi connectivity index (χ2v) is 10.7. The Morgan fingerprint density at radius 1 is 1.08 bits per heavy atom. The molecule has 0 aliphatic carbocycles. The van der Waals surface area contributed by atoms with E-state index in [0.717, 1.165) is 23.6 Å². The summed E-state index contributed by atoms with van der Waals surface area (Å²) in [5.74, 6) is -1.49. The Hall–Kier alpha value is -3.57. The van der Waals surface area contributed by atoms with E-state index < -0.39 is 28.5 Å². The Kier molecular flexibility index (Phi) is 8.59. The van der Waals surface area contributed by atoms with Crippen LogP contribution in [0.2, 0.25) is 0 Å². The van der Waals surface area contributed by atoms with Crippen LogP contribution in [0.1, 0.15) is 42.2 Å². The van der Waals surface area contributed by atoms with Crippen LogP contribution in [0.15, 0.2) is 52.2 Å². The number of esters is 1. The van der Waals surface area contributed by atoms with Crippen molar-refractivity contribution >= 4 is 38.4 Å². The van der Waals surface area contributed by atoms with Gasteiger partial charge in [-0.15, -0.1) is 0 Å². The zero-order valence-electron chi connectivity index (χ0n) is 20.8. The van der Waals surface area contributed by atoms with Crippen LogP contribution in [0.4, 0.5) is 5.69 Å². The molecule has 0 bridgehead atoms. The molecule has 1 amide bonds. The molecule has 0 aliphatic heterocycles. The number of nitrogens with one attached hydrogen (secondary N) is 1. The highest BCUT2D eigenvalue weighted by molar-refractivity contribution is 7.89. The van der Waals surface area contributed by atoms with E-state index in [1.165, 1.54) is 30.9 Å². The van der Waals surface area contributed by atoms with E-state index in [1.54, 1.807) is 37.3 Å². The largest absolute Gasteiger partial charge is 0.451 e. The molecular formula is C25H30N4O6S. The molecule has 3 rings (SSSR count). The number of aryl methyl sites for hydroxylation is 2. The molecule has 0 atom stereocenters. The maximum atomic E-state index is 12.9. The van der Waals surface area contributed by atoms with E-state index in [-0.39, 0.29) is 21.8 Å². The zero-order valence-corrected chi connectivity index (χ0v) is 21.6. The first-order chi connectivity index (χ1) is 17.1. The van der Waals surface area contributed by atoms with Gasteiger partial charge in [0.2, 0.25) is 10.0 Å². The fourth-order valence-electron chi connectivity index (χ4n) is 3.54. The van der Waals surface area contributed by atoms with Crippen molar-refractivity contribution in [1.29, 1.82) is 0 Å². The molecule has 0 radical (unpaired) electrons. The minimum Gasteiger partial charge on any atom is -0.451 e. The van der Waals surface area contributed by atoms with E-state index in [4.69, 9.17) is 4.74 Å². The maximum Gasteiger partial charge on any atom is 0.359 e. The molecule has 10 nitrogen and oxygen atoms in total. The molecule has 0 saturated carbocycles. The lowest BCUT2D eigenvalue weighted by atomic mass is 10.1. The Balaban J connectivity index is 1.78. The van der Waals surface area contributed by atoms with Crippen LogP contribution in [-0.2, 0) is 26.1 Å². The molecule has 1 N–H and O–H groups in total. The Labute approximate surface area is 209 Å². The molecule has 3 aromatic rings. The smallest absolute Gasteiger partial charge is 0.359 e. The van der Waals surface area contributed by atoms with Gasteiger partial charge in [-0.2, -0.15) is 5.10 Å². The molecule has 2 aromatic carbocycles. The van der Waals surface area contributed by atoms with Gasteiger partial charge in [0, 0.05) is 31.7 Å². The van der Waals surface area contributed by atoms with Crippen LogP contribution in [0.5, 0.6) is 0 Å². The van der Waals surface area contributed by atoms with E-state index in [9.17, 15) is 22.8 Å². The summed E-state index contributed by atoms with van der Waals surface area (Å²) in [6.45, 7) is 3.51. The van der Waals surface area contributed by atoms with Gasteiger partial charge in [-0.05, 0) is 37.1 Å². The summed E-state index contributed by atoms with van der Waals surface area (Å²) >= 11 is 0. The van der Waals surface area contributed by atoms with Gasteiger partial charge in [-0.25, -0.2) is 22.2 Å². The number of unbranched alkanes of at least 4 members (excludes halogenated alkanes) is 2. The summed E-state index contributed by atoms with van der Waals surface area (Å²) in [4.78, 5) is 38.2. The first-order valence-corrected chi connectivity index (χ1v) is 13.0. The van der Waals surface area contributed by atoms with Gasteiger partial charge < -0.3 is 10.1 Å². The van der Waals surface area contributed by atoms with Crippen LogP contribution >= 0.6 is 0 Å². The number of aromatic nitrogens is 2. The van der Waals surface area contributed by atoms with Crippen LogP contribution in [0.25, 0.3) is 10.8 Å². The Morgan fingerprint density at radius 3 is 2.44 bits per heavy atom. The number of carbonyl (C=O) groups excluding carboxylic acids is 2. The van der Waals surface area contributed by atoms with E-state index in [0.29, 0.717) is 22.9 Å². The van der Waals surface area contributed by atoms with Crippen molar-refractivity contribution < 1.29 is 22.7 Å². The van der Waals surface area contributed by atoms with Gasteiger partial charge in [0.15, 0.2) is 12.3 Å². The zero-order chi connectivity index (χ0) is 26.5. The average Bonchev–Trinajstić information content (AvgIpc) is 2.85. The summed E-state index contributed by atoms with van der Waals surface area (Å²) < 4.78 is 32.4. The number of nitrogens with zero attached hydrogens (tertiary/aromatic N) is 3. The lowest BCUT2D eigenvalue weighted by Gasteiger charge is -2.14. The number of benzene rings is 2. The number of fused-ring (bicyclic) bond motifs is 1. The Morgan fingerprint density at radius 2 is 1.78 bits per heavy atom. The lowest BCUT2D eigenvalue weighted by Crippen LogP contribution is -2.28. The molecule has 0 spiro atoms. The van der Waals surface area contributed by atoms with E-state index >= 15 is 0 Å². The molecule has 11 heteroatoms. The minimum absolute atomic E-state index is 0.0198. The number of anilines is 1. The van der Waals surface area contributed by atoms with Crippen molar-refractivity contribution in [3.05, 3.63) is 64.1 Å². The van der Waals surface area contributed by atoms with Gasteiger partial charge in [-0.1, -0.05) is 44.0 Å². The first kappa shape index (κ1) is 27.0. The third-order valence-corrected chi connectivity index (χ3v) is 7.44. The second-order valence-electron chi connectivity index (χ2n) is 8.52. The van der Waals surface area contributed by atoms with Crippen molar-refractivity contribution in [2.45, 2.75) is 44.6 Å². The van der Waals surface area contributed by atoms with Crippen molar-refractivity contribution in [1.82, 2.24) is 14.1 Å². The van der Waals surface area contributed by atoms with Gasteiger partial charge in [0.05, 0.1) is 10.3 Å². The fourth-order valence-corrected chi connectivity index (χ4v) is 4.47. The first-order valence-electron chi connectivity index (χ1n) is 11.6. The highest BCUT2D eigenvalue weighted by atomic mass is 32.2. The topological polar surface area (TPSA) is 128 Å². The molecule has 1 heterocycles. The maximum absolute atomic E-state index is 12.9. The molecule has 0 fully saturated rings. The van der Waals surface area contributed by atoms with Gasteiger partial charge in [0.25, 0.3) is 11.5 Å². The molecule has 0 aliphatic rings. The molecule has 1 aromatic heterocycles. The van der Waals surface area contributed by atoms with E-state index in [2.05, 4.69) is 10.4 Å². The summed E-state index contributed by atoms with van der Waals surface area (Å²) in [7, 11) is -0.862. The SMILES string of the molecule is CCCCCn1nc(C(=O)OCC(=O)Nc2cc(S(=O)(=O)N(C)C)ccc2C)c2ccccc2c1=O. The van der Waals surface area contributed by atoms with Crippen LogP contribution < -0.4 is 10.9 Å². The van der Waals surface area contributed by atoms with Crippen LogP contribution in [0.3, 0.4) is 0 Å². The lowest BCUT2D eigenvalue weighted by molar-refractivity contribution is -0.119. The van der Waals surface area contributed by atoms with Gasteiger partial charge in [0.1, 0.15) is 0 Å². The van der Waals surface area contributed by atoms with Crippen LogP contribution in [0, 0.1) is 6.92 Å². The fraction of sp³-hybridized carbons (Fsp3) is 0.360. The molecular weight excluding hydrogens is 484 g/mol. The van der Waals surface area contributed by atoms with Crippen molar-refractivity contribution in [2.24, 2.45) is 0 Å². The monoisotopic (exact) mass is 514 g/mol. The summed E-state index contributed by atoms with van der Waals surface area (Å²) in [5, 5.41) is 7.50. The molecule has 36 heavy (non-hydrogen) atoms. The average molecular weight is 515 g/mol. The highest BCUT2D eigenvalue weighted by Crippen LogP contribution is 2.22. The number of hydrogen-bond donors (Lipinski definition) is 1. The third kappa shape index (κ3) is 5.97. The highest BCUT2D eigenvalue weighted by Gasteiger charge is 2.21. The number of amides is 1. The molecule has 0 unspecified atom stereocenters. The van der Waals surface area contributed by atoms with Gasteiger partial charge >= 0.3 is 5.97 Å². The summed E-state index contributed by atoms with van der Waals surface area (Å²) in [5.41, 5.74) is 0.579. The summed E-state index contributed by atoms with van der Waals surface area (Å²) in [6.07, 6.45) is 2.62. The number of sulfonamides is 1. The predicted octanol–water partition coefficient (Wildman–Crippen LogP) is 2.94. The number of hydrogen-bond acceptors (Lipinski definition) is 7. The minimum atomic E-state index is -3.69. The number of rotatable bonds is 10. The number of carbonyl (C=O) groups is 2. The quantitative estimate of drug-likeness (QED) is 0.325. The van der Waals surface area contributed by atoms with Crippen molar-refractivity contribution in [2.75, 3.05) is 26.0 Å². The second kappa shape index (κ2) is 11.4. The standard InChI is InChI=1S/C25H30N4O6S/c1-5-6-9-14-29-24(31)20-11-8-7-10-19(20)23(27-29)25(32)35-16-22(30)26-21-15-18(13-12-17(21)2)36(33,34)28(3)4/h7-8,10-13,15H,5-6,9,14,16H2,1-4H3,(H,26,30). The normalized spacial score (nSPS) is 11.6. The van der Waals surface area contributed by atoms with Crippen molar-refractivity contribution in [3.63, 3.8) is 0 Å². The van der Waals surface area contributed by atoms with E-state index in [1.807, 2.05) is 6.92 Å². The van der Waals surface area contributed by atoms with Crippen LogP contribution in [-0.4, -0.2) is 55.1 Å². The Bertz CT molecular complexity index is 1450. The predicted molar refractivity (Wildman–Crippen MR) is 136 cm³/mol. The van der Waals surface area contributed by atoms with Crippen molar-refractivity contribution in [3.8, 4) is 0 Å². The number of ether oxygens (including phenoxy) is 1. The molecule has 0 saturated heterocycles. The summed E-state index contributed by atoms with van der Waals surface area (Å²) in [6, 6.07) is 11.0.